The Hall–Kier alpha value is -0.0800. The van der Waals surface area contributed by atoms with Crippen molar-refractivity contribution in [3.05, 3.63) is 0 Å². The van der Waals surface area contributed by atoms with E-state index in [1.54, 1.807) is 0 Å². The minimum atomic E-state index is -0.0834. The zero-order valence-electron chi connectivity index (χ0n) is 12.8. The Kier molecular flexibility index (Phi) is 6.66. The van der Waals surface area contributed by atoms with Gasteiger partial charge in [0.05, 0.1) is 6.10 Å². The van der Waals surface area contributed by atoms with Crippen molar-refractivity contribution < 1.29 is 5.11 Å². The molecule has 0 spiro atoms. The third-order valence-corrected chi connectivity index (χ3v) is 5.22. The Labute approximate surface area is 119 Å². The molecule has 2 heteroatoms. The van der Waals surface area contributed by atoms with Gasteiger partial charge in [-0.05, 0) is 39.2 Å². The van der Waals surface area contributed by atoms with Gasteiger partial charge >= 0.3 is 0 Å². The van der Waals surface area contributed by atoms with E-state index in [-0.39, 0.29) is 6.10 Å². The second-order valence-corrected chi connectivity index (χ2v) is 6.77. The largest absolute Gasteiger partial charge is 0.391 e. The maximum Gasteiger partial charge on any atom is 0.0695 e. The number of aliphatic hydroxyl groups excluding tert-OH is 1. The van der Waals surface area contributed by atoms with Gasteiger partial charge in [0.1, 0.15) is 0 Å². The van der Waals surface area contributed by atoms with Crippen molar-refractivity contribution in [1.82, 2.24) is 4.90 Å². The van der Waals surface area contributed by atoms with Crippen molar-refractivity contribution in [3.8, 4) is 0 Å². The molecule has 3 atom stereocenters. The highest BCUT2D eigenvalue weighted by Gasteiger charge is 2.31. The number of nitrogens with zero attached hydrogens (tertiary/aromatic N) is 1. The van der Waals surface area contributed by atoms with Crippen LogP contribution in [0.4, 0.5) is 0 Å². The number of likely N-dealkylation sites (tertiary alicyclic amines) is 1. The first kappa shape index (κ1) is 15.3. The molecule has 0 radical (unpaired) electrons. The molecule has 112 valence electrons. The summed E-state index contributed by atoms with van der Waals surface area (Å²) >= 11 is 0. The molecular formula is C17H33NO. The van der Waals surface area contributed by atoms with Crippen LogP contribution < -0.4 is 0 Å². The van der Waals surface area contributed by atoms with E-state index in [1.165, 1.54) is 77.2 Å². The average molecular weight is 267 g/mol. The van der Waals surface area contributed by atoms with Gasteiger partial charge < -0.3 is 5.11 Å². The van der Waals surface area contributed by atoms with E-state index in [0.29, 0.717) is 12.1 Å². The van der Waals surface area contributed by atoms with Crippen molar-refractivity contribution >= 4 is 0 Å². The van der Waals surface area contributed by atoms with E-state index in [9.17, 15) is 5.11 Å². The fraction of sp³-hybridized carbons (Fsp3) is 1.00. The molecule has 1 aliphatic heterocycles. The summed E-state index contributed by atoms with van der Waals surface area (Å²) in [5.74, 6) is 0. The lowest BCUT2D eigenvalue weighted by Gasteiger charge is -2.35. The molecule has 1 N–H and O–H groups in total. The summed E-state index contributed by atoms with van der Waals surface area (Å²) < 4.78 is 0. The molecule has 1 heterocycles. The number of rotatable bonds is 1. The summed E-state index contributed by atoms with van der Waals surface area (Å²) in [7, 11) is 0. The highest BCUT2D eigenvalue weighted by molar-refractivity contribution is 4.86. The molecule has 1 aliphatic carbocycles. The monoisotopic (exact) mass is 267 g/mol. The summed E-state index contributed by atoms with van der Waals surface area (Å²) in [6.45, 7) is 3.55. The molecule has 0 bridgehead atoms. The van der Waals surface area contributed by atoms with Crippen LogP contribution in [0.2, 0.25) is 0 Å². The van der Waals surface area contributed by atoms with E-state index in [1.807, 2.05) is 0 Å². The third kappa shape index (κ3) is 4.75. The standard InChI is InChI=1S/C17H33NO/c1-15-11-10-14-18(15)16-12-8-6-4-2-3-5-7-9-13-17(16)19/h15-17,19H,2-14H2,1H3. The fourth-order valence-electron chi connectivity index (χ4n) is 3.99. The van der Waals surface area contributed by atoms with Crippen LogP contribution in [0.25, 0.3) is 0 Å². The first-order valence-electron chi connectivity index (χ1n) is 8.73. The average Bonchev–Trinajstić information content (AvgIpc) is 2.80. The summed E-state index contributed by atoms with van der Waals surface area (Å²) in [5.41, 5.74) is 0. The highest BCUT2D eigenvalue weighted by atomic mass is 16.3. The van der Waals surface area contributed by atoms with Gasteiger partial charge in [0, 0.05) is 12.1 Å². The molecule has 2 nitrogen and oxygen atoms in total. The maximum absolute atomic E-state index is 10.6. The molecule has 2 fully saturated rings. The minimum Gasteiger partial charge on any atom is -0.391 e. The molecule has 3 unspecified atom stereocenters. The predicted octanol–water partition coefficient (Wildman–Crippen LogP) is 4.11. The van der Waals surface area contributed by atoms with Crippen LogP contribution >= 0.6 is 0 Å². The SMILES string of the molecule is CC1CCCN1C1CCCCCCCCCCC1O. The molecule has 0 aromatic carbocycles. The second-order valence-electron chi connectivity index (χ2n) is 6.77. The van der Waals surface area contributed by atoms with Crippen LogP contribution in [0.3, 0.4) is 0 Å². The zero-order valence-corrected chi connectivity index (χ0v) is 12.8. The van der Waals surface area contributed by atoms with Gasteiger partial charge in [0.2, 0.25) is 0 Å². The highest BCUT2D eigenvalue weighted by Crippen LogP contribution is 2.27. The quantitative estimate of drug-likeness (QED) is 0.772. The number of aliphatic hydroxyl groups is 1. The Balaban J connectivity index is 1.90. The maximum atomic E-state index is 10.6. The van der Waals surface area contributed by atoms with Crippen LogP contribution in [0.15, 0.2) is 0 Å². The van der Waals surface area contributed by atoms with E-state index in [4.69, 9.17) is 0 Å². The van der Waals surface area contributed by atoms with Crippen molar-refractivity contribution in [2.75, 3.05) is 6.54 Å². The fourth-order valence-corrected chi connectivity index (χ4v) is 3.99. The molecule has 1 saturated heterocycles. The normalized spacial score (nSPS) is 36.6. The van der Waals surface area contributed by atoms with Gasteiger partial charge in [0.25, 0.3) is 0 Å². The Bertz CT molecular complexity index is 243. The molecule has 0 aromatic rings. The topological polar surface area (TPSA) is 23.5 Å². The summed E-state index contributed by atoms with van der Waals surface area (Å²) in [6.07, 6.45) is 15.6. The molecule has 1 saturated carbocycles. The number of hydrogen-bond donors (Lipinski definition) is 1. The van der Waals surface area contributed by atoms with Crippen LogP contribution in [0, 0.1) is 0 Å². The van der Waals surface area contributed by atoms with Crippen molar-refractivity contribution in [3.63, 3.8) is 0 Å². The lowest BCUT2D eigenvalue weighted by Crippen LogP contribution is -2.45. The first-order chi connectivity index (χ1) is 9.29. The lowest BCUT2D eigenvalue weighted by atomic mass is 9.94. The molecule has 2 aliphatic rings. The second kappa shape index (κ2) is 8.26. The van der Waals surface area contributed by atoms with Crippen molar-refractivity contribution in [2.45, 2.75) is 102 Å². The summed E-state index contributed by atoms with van der Waals surface area (Å²) in [4.78, 5) is 2.61. The van der Waals surface area contributed by atoms with Gasteiger partial charge in [-0.25, -0.2) is 0 Å². The van der Waals surface area contributed by atoms with Gasteiger partial charge in [-0.3, -0.25) is 4.90 Å². The van der Waals surface area contributed by atoms with Crippen LogP contribution in [-0.4, -0.2) is 34.7 Å². The Morgan fingerprint density at radius 2 is 1.32 bits per heavy atom. The van der Waals surface area contributed by atoms with Gasteiger partial charge in [0.15, 0.2) is 0 Å². The van der Waals surface area contributed by atoms with Gasteiger partial charge in [-0.2, -0.15) is 0 Å². The predicted molar refractivity (Wildman–Crippen MR) is 81.4 cm³/mol. The molecular weight excluding hydrogens is 234 g/mol. The van der Waals surface area contributed by atoms with Crippen molar-refractivity contribution in [2.24, 2.45) is 0 Å². The van der Waals surface area contributed by atoms with Crippen LogP contribution in [0.5, 0.6) is 0 Å². The minimum absolute atomic E-state index is 0.0834. The lowest BCUT2D eigenvalue weighted by molar-refractivity contribution is 0.0317. The summed E-state index contributed by atoms with van der Waals surface area (Å²) in [5, 5.41) is 10.6. The molecule has 0 amide bonds. The van der Waals surface area contributed by atoms with Gasteiger partial charge in [-0.15, -0.1) is 0 Å². The molecule has 19 heavy (non-hydrogen) atoms. The van der Waals surface area contributed by atoms with E-state index >= 15 is 0 Å². The van der Waals surface area contributed by atoms with E-state index in [2.05, 4.69) is 11.8 Å². The van der Waals surface area contributed by atoms with Gasteiger partial charge in [-0.1, -0.05) is 51.4 Å². The molecule has 0 aromatic heterocycles. The first-order valence-corrected chi connectivity index (χ1v) is 8.73. The Morgan fingerprint density at radius 1 is 0.737 bits per heavy atom. The zero-order chi connectivity index (χ0) is 13.5. The Morgan fingerprint density at radius 3 is 1.89 bits per heavy atom. The van der Waals surface area contributed by atoms with E-state index < -0.39 is 0 Å². The van der Waals surface area contributed by atoms with Crippen molar-refractivity contribution in [1.29, 1.82) is 0 Å². The summed E-state index contributed by atoms with van der Waals surface area (Å²) in [6, 6.07) is 1.13. The van der Waals surface area contributed by atoms with E-state index in [0.717, 1.165) is 6.42 Å². The van der Waals surface area contributed by atoms with Crippen LogP contribution in [-0.2, 0) is 0 Å². The smallest absolute Gasteiger partial charge is 0.0695 e. The number of hydrogen-bond acceptors (Lipinski definition) is 2. The van der Waals surface area contributed by atoms with Crippen LogP contribution in [0.1, 0.15) is 84.0 Å². The molecule has 2 rings (SSSR count). The third-order valence-electron chi connectivity index (χ3n) is 5.22.